The van der Waals surface area contributed by atoms with Gasteiger partial charge in [0, 0.05) is 16.1 Å². The van der Waals surface area contributed by atoms with E-state index in [9.17, 15) is 14.4 Å². The molecule has 1 saturated heterocycles. The molecule has 35 heavy (non-hydrogen) atoms. The second-order valence-corrected chi connectivity index (χ2v) is 7.95. The van der Waals surface area contributed by atoms with Crippen LogP contribution < -0.4 is 20.1 Å². The number of carbonyl (C=O) groups excluding carboxylic acids is 3. The fourth-order valence-corrected chi connectivity index (χ4v) is 3.64. The van der Waals surface area contributed by atoms with Crippen LogP contribution in [0.15, 0.2) is 78.5 Å². The monoisotopic (exact) mass is 491 g/mol. The third-order valence-corrected chi connectivity index (χ3v) is 5.57. The number of para-hydroxylation sites is 3. The van der Waals surface area contributed by atoms with E-state index < -0.39 is 24.4 Å². The van der Waals surface area contributed by atoms with Gasteiger partial charge in [0.25, 0.3) is 5.91 Å². The quantitative estimate of drug-likeness (QED) is 0.358. The molecule has 0 radical (unpaired) electrons. The predicted octanol–water partition coefficient (Wildman–Crippen LogP) is 4.46. The van der Waals surface area contributed by atoms with Crippen LogP contribution >= 0.6 is 11.6 Å². The maximum absolute atomic E-state index is 12.9. The van der Waals surface area contributed by atoms with Gasteiger partial charge in [-0.05, 0) is 30.3 Å². The van der Waals surface area contributed by atoms with Crippen molar-refractivity contribution in [2.45, 2.75) is 6.61 Å². The van der Waals surface area contributed by atoms with Gasteiger partial charge in [0.15, 0.2) is 0 Å². The van der Waals surface area contributed by atoms with E-state index in [0.29, 0.717) is 27.8 Å². The molecule has 4 rings (SSSR count). The molecule has 1 aliphatic heterocycles. The molecule has 0 saturated carbocycles. The molecular formula is C26H22ClN3O5. The third kappa shape index (κ3) is 5.62. The summed E-state index contributed by atoms with van der Waals surface area (Å²) in [4.78, 5) is 38.7. The zero-order valence-corrected chi connectivity index (χ0v) is 19.5. The van der Waals surface area contributed by atoms with Crippen LogP contribution in [0.25, 0.3) is 6.08 Å². The van der Waals surface area contributed by atoms with E-state index in [-0.39, 0.29) is 12.3 Å². The van der Waals surface area contributed by atoms with Gasteiger partial charge in [0.2, 0.25) is 5.91 Å². The molecule has 0 bridgehead atoms. The average Bonchev–Trinajstić information content (AvgIpc) is 3.12. The molecule has 1 fully saturated rings. The Hall–Kier alpha value is -4.30. The molecule has 1 aliphatic rings. The number of anilines is 1. The SMILES string of the molecule is COc1ccccc1NC(=O)CN1C(=O)NC(=Cc2ccccc2OCc2ccccc2Cl)C1=O. The van der Waals surface area contributed by atoms with Crippen molar-refractivity contribution in [3.05, 3.63) is 94.6 Å². The Kier molecular flexibility index (Phi) is 7.32. The van der Waals surface area contributed by atoms with Crippen LogP contribution in [-0.2, 0) is 16.2 Å². The first-order valence-corrected chi connectivity index (χ1v) is 11.1. The minimum absolute atomic E-state index is 0.0360. The van der Waals surface area contributed by atoms with E-state index in [4.69, 9.17) is 21.1 Å². The van der Waals surface area contributed by atoms with Gasteiger partial charge >= 0.3 is 6.03 Å². The van der Waals surface area contributed by atoms with E-state index in [0.717, 1.165) is 10.5 Å². The molecule has 0 aliphatic carbocycles. The molecule has 1 heterocycles. The van der Waals surface area contributed by atoms with Crippen molar-refractivity contribution in [3.8, 4) is 11.5 Å². The molecule has 0 spiro atoms. The van der Waals surface area contributed by atoms with E-state index in [1.165, 1.54) is 13.2 Å². The van der Waals surface area contributed by atoms with Crippen LogP contribution in [0.4, 0.5) is 10.5 Å². The highest BCUT2D eigenvalue weighted by molar-refractivity contribution is 6.31. The number of halogens is 1. The molecule has 178 valence electrons. The smallest absolute Gasteiger partial charge is 0.329 e. The summed E-state index contributed by atoms with van der Waals surface area (Å²) in [5.74, 6) is -0.185. The number of hydrogen-bond donors (Lipinski definition) is 2. The minimum Gasteiger partial charge on any atom is -0.495 e. The Morgan fingerprint density at radius 1 is 1.00 bits per heavy atom. The molecule has 3 aromatic rings. The van der Waals surface area contributed by atoms with Gasteiger partial charge in [-0.25, -0.2) is 9.69 Å². The highest BCUT2D eigenvalue weighted by Crippen LogP contribution is 2.26. The maximum atomic E-state index is 12.9. The Bertz CT molecular complexity index is 1310. The molecule has 0 unspecified atom stereocenters. The van der Waals surface area contributed by atoms with Gasteiger partial charge in [0.1, 0.15) is 30.3 Å². The normalized spacial score (nSPS) is 14.1. The van der Waals surface area contributed by atoms with Gasteiger partial charge in [-0.3, -0.25) is 9.59 Å². The fraction of sp³-hybridized carbons (Fsp3) is 0.115. The lowest BCUT2D eigenvalue weighted by atomic mass is 10.1. The third-order valence-electron chi connectivity index (χ3n) is 5.20. The number of amides is 4. The molecule has 9 heteroatoms. The Morgan fingerprint density at radius 2 is 1.69 bits per heavy atom. The summed E-state index contributed by atoms with van der Waals surface area (Å²) in [6.45, 7) is -0.222. The summed E-state index contributed by atoms with van der Waals surface area (Å²) in [5, 5.41) is 5.76. The summed E-state index contributed by atoms with van der Waals surface area (Å²) in [5.41, 5.74) is 1.87. The Labute approximate surface area is 207 Å². The Balaban J connectivity index is 1.46. The number of benzene rings is 3. The van der Waals surface area contributed by atoms with Crippen molar-refractivity contribution in [3.63, 3.8) is 0 Å². The molecule has 2 N–H and O–H groups in total. The van der Waals surface area contributed by atoms with Gasteiger partial charge in [0.05, 0.1) is 12.8 Å². The van der Waals surface area contributed by atoms with E-state index in [2.05, 4.69) is 10.6 Å². The number of ether oxygens (including phenoxy) is 2. The van der Waals surface area contributed by atoms with Crippen LogP contribution in [0.5, 0.6) is 11.5 Å². The van der Waals surface area contributed by atoms with Crippen LogP contribution in [-0.4, -0.2) is 36.4 Å². The van der Waals surface area contributed by atoms with E-state index >= 15 is 0 Å². The zero-order chi connectivity index (χ0) is 24.8. The van der Waals surface area contributed by atoms with Crippen molar-refractivity contribution in [1.82, 2.24) is 10.2 Å². The summed E-state index contributed by atoms with van der Waals surface area (Å²) >= 11 is 6.20. The molecule has 0 atom stereocenters. The van der Waals surface area contributed by atoms with Crippen LogP contribution in [0.3, 0.4) is 0 Å². The topological polar surface area (TPSA) is 97.0 Å². The molecular weight excluding hydrogens is 470 g/mol. The highest BCUT2D eigenvalue weighted by atomic mass is 35.5. The first-order valence-electron chi connectivity index (χ1n) is 10.7. The van der Waals surface area contributed by atoms with E-state index in [1.54, 1.807) is 54.6 Å². The molecule has 4 amide bonds. The number of methoxy groups -OCH3 is 1. The first-order chi connectivity index (χ1) is 17.0. The lowest BCUT2D eigenvalue weighted by Crippen LogP contribution is -2.38. The van der Waals surface area contributed by atoms with Crippen molar-refractivity contribution in [2.75, 3.05) is 19.0 Å². The van der Waals surface area contributed by atoms with Crippen molar-refractivity contribution in [2.24, 2.45) is 0 Å². The molecule has 0 aromatic heterocycles. The minimum atomic E-state index is -0.689. The number of nitrogens with zero attached hydrogens (tertiary/aromatic N) is 1. The molecule has 3 aromatic carbocycles. The lowest BCUT2D eigenvalue weighted by molar-refractivity contribution is -0.127. The maximum Gasteiger partial charge on any atom is 0.329 e. The lowest BCUT2D eigenvalue weighted by Gasteiger charge is -2.13. The largest absolute Gasteiger partial charge is 0.495 e. The Morgan fingerprint density at radius 3 is 2.46 bits per heavy atom. The number of hydrogen-bond acceptors (Lipinski definition) is 5. The van der Waals surface area contributed by atoms with Gasteiger partial charge < -0.3 is 20.1 Å². The fourth-order valence-electron chi connectivity index (χ4n) is 3.45. The average molecular weight is 492 g/mol. The zero-order valence-electron chi connectivity index (χ0n) is 18.8. The van der Waals surface area contributed by atoms with Gasteiger partial charge in [-0.1, -0.05) is 60.1 Å². The van der Waals surface area contributed by atoms with Gasteiger partial charge in [-0.2, -0.15) is 0 Å². The first kappa shape index (κ1) is 23.8. The number of rotatable bonds is 8. The van der Waals surface area contributed by atoms with Gasteiger partial charge in [-0.15, -0.1) is 0 Å². The number of nitrogens with one attached hydrogen (secondary N) is 2. The second-order valence-electron chi connectivity index (χ2n) is 7.55. The van der Waals surface area contributed by atoms with Crippen molar-refractivity contribution >= 4 is 41.2 Å². The standard InChI is InChI=1S/C26H22ClN3O5/c1-34-23-13-7-5-11-20(23)28-24(31)15-30-25(32)21(29-26(30)33)14-17-8-3-6-12-22(17)35-16-18-9-2-4-10-19(18)27/h2-14H,15-16H2,1H3,(H,28,31)(H,29,33). The van der Waals surface area contributed by atoms with Crippen LogP contribution in [0.2, 0.25) is 5.02 Å². The summed E-state index contributed by atoms with van der Waals surface area (Å²) in [6, 6.07) is 20.6. The number of carbonyl (C=O) groups is 3. The number of imide groups is 1. The van der Waals surface area contributed by atoms with Crippen LogP contribution in [0, 0.1) is 0 Å². The van der Waals surface area contributed by atoms with Crippen LogP contribution in [0.1, 0.15) is 11.1 Å². The van der Waals surface area contributed by atoms with Crippen molar-refractivity contribution < 1.29 is 23.9 Å². The summed E-state index contributed by atoms with van der Waals surface area (Å²) in [6.07, 6.45) is 1.51. The van der Waals surface area contributed by atoms with Crippen molar-refractivity contribution in [1.29, 1.82) is 0 Å². The van der Waals surface area contributed by atoms with E-state index in [1.807, 2.05) is 18.2 Å². The second kappa shape index (κ2) is 10.8. The highest BCUT2D eigenvalue weighted by Gasteiger charge is 2.35. The predicted molar refractivity (Wildman–Crippen MR) is 132 cm³/mol. The summed E-state index contributed by atoms with van der Waals surface area (Å²) < 4.78 is 11.1. The molecule has 8 nitrogen and oxygen atoms in total. The number of urea groups is 1. The summed E-state index contributed by atoms with van der Waals surface area (Å²) in [7, 11) is 1.48.